The van der Waals surface area contributed by atoms with E-state index in [-0.39, 0.29) is 21.4 Å². The molecule has 0 aliphatic heterocycles. The first-order valence-electron chi connectivity index (χ1n) is 7.61. The zero-order valence-electron chi connectivity index (χ0n) is 14.5. The van der Waals surface area contributed by atoms with Crippen molar-refractivity contribution < 1.29 is 9.85 Å². The molecule has 0 radical (unpaired) electrons. The van der Waals surface area contributed by atoms with Gasteiger partial charge in [-0.05, 0) is 24.3 Å². The number of nitrogen functional groups attached to an aromatic ring is 1. The van der Waals surface area contributed by atoms with E-state index in [0.29, 0.717) is 10.0 Å². The molecule has 29 heavy (non-hydrogen) atoms. The Morgan fingerprint density at radius 1 is 0.621 bits per heavy atom. The maximum Gasteiger partial charge on any atom is 0.271 e. The van der Waals surface area contributed by atoms with E-state index in [0.717, 1.165) is 5.69 Å². The first kappa shape index (κ1) is 24.5. The van der Waals surface area contributed by atoms with Gasteiger partial charge in [0.1, 0.15) is 0 Å². The molecule has 0 unspecified atom stereocenters. The molecule has 0 heterocycles. The van der Waals surface area contributed by atoms with Crippen molar-refractivity contribution in [3.05, 3.63) is 107 Å². The molecule has 0 saturated heterocycles. The summed E-state index contributed by atoms with van der Waals surface area (Å²) in [7, 11) is 0. The van der Waals surface area contributed by atoms with E-state index in [4.69, 9.17) is 52.1 Å². The van der Waals surface area contributed by atoms with Gasteiger partial charge in [-0.3, -0.25) is 20.2 Å². The normalized spacial score (nSPS) is 9.38. The third-order valence-corrected chi connectivity index (χ3v) is 4.51. The molecule has 0 bridgehead atoms. The lowest BCUT2D eigenvalue weighted by molar-refractivity contribution is -0.385. The minimum absolute atomic E-state index is 0.0561. The van der Waals surface area contributed by atoms with Gasteiger partial charge in [0.15, 0.2) is 0 Å². The Kier molecular flexibility index (Phi) is 10.2. The summed E-state index contributed by atoms with van der Waals surface area (Å²) in [5, 5.41) is 21.4. The van der Waals surface area contributed by atoms with Gasteiger partial charge in [0.25, 0.3) is 11.4 Å². The topological polar surface area (TPSA) is 112 Å². The van der Waals surface area contributed by atoms with Gasteiger partial charge in [0.05, 0.1) is 29.9 Å². The number of para-hydroxylation sites is 1. The third-order valence-electron chi connectivity index (χ3n) is 3.03. The van der Waals surface area contributed by atoms with Gasteiger partial charge >= 0.3 is 0 Å². The minimum Gasteiger partial charge on any atom is -0.399 e. The number of non-ortho nitro benzene ring substituents is 2. The molecule has 0 aliphatic rings. The molecule has 7 nitrogen and oxygen atoms in total. The molecule has 0 atom stereocenters. The van der Waals surface area contributed by atoms with E-state index < -0.39 is 9.85 Å². The highest BCUT2D eigenvalue weighted by molar-refractivity contribution is 6.42. The molecular formula is C18H13Cl4N3O4. The van der Waals surface area contributed by atoms with E-state index in [1.807, 2.05) is 30.3 Å². The summed E-state index contributed by atoms with van der Waals surface area (Å²) < 4.78 is 0. The summed E-state index contributed by atoms with van der Waals surface area (Å²) in [6.07, 6.45) is 0. The van der Waals surface area contributed by atoms with Gasteiger partial charge in [0.2, 0.25) is 0 Å². The second-order valence-electron chi connectivity index (χ2n) is 5.12. The fraction of sp³-hybridized carbons (Fsp3) is 0. The molecule has 0 aromatic heterocycles. The maximum atomic E-state index is 10.2. The summed E-state index contributed by atoms with van der Waals surface area (Å²) in [5.74, 6) is 0. The average Bonchev–Trinajstić information content (AvgIpc) is 2.67. The average molecular weight is 477 g/mol. The fourth-order valence-electron chi connectivity index (χ4n) is 1.65. The Morgan fingerprint density at radius 3 is 1.24 bits per heavy atom. The fourth-order valence-corrected chi connectivity index (χ4v) is 2.23. The number of rotatable bonds is 2. The highest BCUT2D eigenvalue weighted by Crippen LogP contribution is 2.26. The van der Waals surface area contributed by atoms with E-state index in [1.165, 1.54) is 36.4 Å². The Labute approximate surface area is 185 Å². The van der Waals surface area contributed by atoms with Crippen molar-refractivity contribution in [3.8, 4) is 0 Å². The van der Waals surface area contributed by atoms with Crippen LogP contribution in [0.1, 0.15) is 0 Å². The summed E-state index contributed by atoms with van der Waals surface area (Å²) in [5.41, 5.74) is 6.07. The van der Waals surface area contributed by atoms with E-state index in [9.17, 15) is 20.2 Å². The van der Waals surface area contributed by atoms with Crippen molar-refractivity contribution in [2.75, 3.05) is 5.73 Å². The van der Waals surface area contributed by atoms with E-state index in [2.05, 4.69) is 0 Å². The quantitative estimate of drug-likeness (QED) is 0.241. The van der Waals surface area contributed by atoms with Crippen LogP contribution < -0.4 is 5.73 Å². The Hall–Kier alpha value is -2.58. The number of anilines is 1. The van der Waals surface area contributed by atoms with Crippen LogP contribution in [0.25, 0.3) is 0 Å². The molecule has 0 amide bonds. The lowest BCUT2D eigenvalue weighted by Crippen LogP contribution is -1.86. The lowest BCUT2D eigenvalue weighted by atomic mass is 10.3. The third kappa shape index (κ3) is 8.97. The molecule has 2 N–H and O–H groups in total. The van der Waals surface area contributed by atoms with Crippen molar-refractivity contribution in [3.63, 3.8) is 0 Å². The molecule has 3 aromatic carbocycles. The van der Waals surface area contributed by atoms with Gasteiger partial charge in [-0.1, -0.05) is 64.6 Å². The molecule has 11 heteroatoms. The standard InChI is InChI=1S/2C6H3Cl2NO2.C6H7N/c2*7-5-2-1-4(9(10)11)3-6(5)8;7-6-4-2-1-3-5-6/h2*1-3H;1-5H,7H2. The van der Waals surface area contributed by atoms with Crippen molar-refractivity contribution >= 4 is 63.5 Å². The van der Waals surface area contributed by atoms with Gasteiger partial charge in [-0.2, -0.15) is 0 Å². The number of benzene rings is 3. The number of nitro groups is 2. The summed E-state index contributed by atoms with van der Waals surface area (Å²) >= 11 is 22.1. The second-order valence-corrected chi connectivity index (χ2v) is 6.75. The number of nitrogens with zero attached hydrogens (tertiary/aromatic N) is 2. The summed E-state index contributed by atoms with van der Waals surface area (Å²) in [6.45, 7) is 0. The zero-order chi connectivity index (χ0) is 22.0. The van der Waals surface area contributed by atoms with Gasteiger partial charge in [-0.15, -0.1) is 0 Å². The van der Waals surface area contributed by atoms with Crippen LogP contribution in [0.15, 0.2) is 66.7 Å². The second kappa shape index (κ2) is 12.1. The van der Waals surface area contributed by atoms with Crippen molar-refractivity contribution in [2.24, 2.45) is 0 Å². The Balaban J connectivity index is 0.000000223. The number of nitro benzene ring substituents is 2. The minimum atomic E-state index is -0.526. The molecule has 0 aliphatic carbocycles. The molecule has 0 spiro atoms. The molecule has 152 valence electrons. The van der Waals surface area contributed by atoms with Gasteiger partial charge in [-0.25, -0.2) is 0 Å². The number of hydrogen-bond acceptors (Lipinski definition) is 5. The van der Waals surface area contributed by atoms with Crippen molar-refractivity contribution in [2.45, 2.75) is 0 Å². The predicted octanol–water partition coefficient (Wildman–Crippen LogP) is 7.07. The van der Waals surface area contributed by atoms with Crippen molar-refractivity contribution in [1.29, 1.82) is 0 Å². The van der Waals surface area contributed by atoms with Crippen LogP contribution in [0.4, 0.5) is 17.1 Å². The smallest absolute Gasteiger partial charge is 0.271 e. The predicted molar refractivity (Wildman–Crippen MR) is 117 cm³/mol. The molecule has 0 fully saturated rings. The van der Waals surface area contributed by atoms with Crippen molar-refractivity contribution in [1.82, 2.24) is 0 Å². The first-order chi connectivity index (χ1) is 13.6. The molecule has 3 aromatic rings. The summed E-state index contributed by atoms with van der Waals surface area (Å²) in [6, 6.07) is 17.3. The van der Waals surface area contributed by atoms with Gasteiger partial charge in [0, 0.05) is 30.0 Å². The van der Waals surface area contributed by atoms with Crippen LogP contribution in [0, 0.1) is 20.2 Å². The van der Waals surface area contributed by atoms with E-state index >= 15 is 0 Å². The maximum absolute atomic E-state index is 10.2. The Morgan fingerprint density at radius 2 is 1.00 bits per heavy atom. The molecular weight excluding hydrogens is 464 g/mol. The SMILES string of the molecule is Nc1ccccc1.O=[N+]([O-])c1ccc(Cl)c(Cl)c1.O=[N+]([O-])c1ccc(Cl)c(Cl)c1. The van der Waals surface area contributed by atoms with E-state index in [1.54, 1.807) is 0 Å². The number of halogens is 4. The molecule has 3 rings (SSSR count). The Bertz CT molecular complexity index is 927. The highest BCUT2D eigenvalue weighted by Gasteiger charge is 2.07. The zero-order valence-corrected chi connectivity index (χ0v) is 17.5. The van der Waals surface area contributed by atoms with Crippen LogP contribution in [-0.2, 0) is 0 Å². The number of nitrogens with two attached hydrogens (primary N) is 1. The van der Waals surface area contributed by atoms with Crippen LogP contribution in [0.5, 0.6) is 0 Å². The lowest BCUT2D eigenvalue weighted by Gasteiger charge is -1.93. The largest absolute Gasteiger partial charge is 0.399 e. The first-order valence-corrected chi connectivity index (χ1v) is 9.12. The van der Waals surface area contributed by atoms with Gasteiger partial charge < -0.3 is 5.73 Å². The van der Waals surface area contributed by atoms with Crippen LogP contribution in [0.2, 0.25) is 20.1 Å². The summed E-state index contributed by atoms with van der Waals surface area (Å²) in [4.78, 5) is 19.3. The monoisotopic (exact) mass is 475 g/mol. The highest BCUT2D eigenvalue weighted by atomic mass is 35.5. The van der Waals surface area contributed by atoms with Crippen LogP contribution >= 0.6 is 46.4 Å². The number of hydrogen-bond donors (Lipinski definition) is 1. The van der Waals surface area contributed by atoms with Crippen LogP contribution in [-0.4, -0.2) is 9.85 Å². The van der Waals surface area contributed by atoms with Crippen LogP contribution in [0.3, 0.4) is 0 Å². The molecule has 0 saturated carbocycles.